The minimum absolute atomic E-state index is 0.447. The molecule has 0 aliphatic heterocycles. The van der Waals surface area contributed by atoms with Crippen LogP contribution in [-0.2, 0) is 16.0 Å². The monoisotopic (exact) mass is 359 g/mol. The third kappa shape index (κ3) is 6.12. The van der Waals surface area contributed by atoms with Gasteiger partial charge in [-0.05, 0) is 54.8 Å². The lowest BCUT2D eigenvalue weighted by atomic mass is 10.1. The normalized spacial score (nSPS) is 10.2. The fraction of sp³-hybridized carbons (Fsp3) is 0.263. The number of carbonyl (C=O) groups excluding carboxylic acids is 2. The molecule has 0 aliphatic rings. The molecule has 2 aromatic carbocycles. The maximum atomic E-state index is 11.8. The molecule has 2 amide bonds. The minimum Gasteiger partial charge on any atom is -0.378 e. The SMILES string of the molecule is CN(C)c1ccc(CCCNC(=O)C(=O)Nc2ccc(Cl)cc2)cc1. The molecule has 0 atom stereocenters. The zero-order chi connectivity index (χ0) is 18.2. The number of rotatable bonds is 6. The van der Waals surface area contributed by atoms with Gasteiger partial charge in [0.05, 0.1) is 0 Å². The smallest absolute Gasteiger partial charge is 0.313 e. The molecular weight excluding hydrogens is 338 g/mol. The molecule has 2 aromatic rings. The van der Waals surface area contributed by atoms with Gasteiger partial charge in [0.2, 0.25) is 0 Å². The van der Waals surface area contributed by atoms with Crippen LogP contribution in [0.5, 0.6) is 0 Å². The molecule has 25 heavy (non-hydrogen) atoms. The molecule has 0 radical (unpaired) electrons. The van der Waals surface area contributed by atoms with Gasteiger partial charge in [-0.1, -0.05) is 23.7 Å². The molecule has 0 aliphatic carbocycles. The van der Waals surface area contributed by atoms with E-state index in [9.17, 15) is 9.59 Å². The van der Waals surface area contributed by atoms with Gasteiger partial charge < -0.3 is 15.5 Å². The first kappa shape index (κ1) is 18.8. The van der Waals surface area contributed by atoms with Crippen LogP contribution in [0.2, 0.25) is 5.02 Å². The van der Waals surface area contributed by atoms with E-state index in [-0.39, 0.29) is 0 Å². The number of hydrogen-bond donors (Lipinski definition) is 2. The highest BCUT2D eigenvalue weighted by molar-refractivity contribution is 6.39. The number of hydrogen-bond acceptors (Lipinski definition) is 3. The van der Waals surface area contributed by atoms with Crippen molar-refractivity contribution in [3.05, 3.63) is 59.1 Å². The zero-order valence-electron chi connectivity index (χ0n) is 14.4. The van der Waals surface area contributed by atoms with Crippen LogP contribution in [0.1, 0.15) is 12.0 Å². The number of nitrogens with zero attached hydrogens (tertiary/aromatic N) is 1. The molecule has 5 nitrogen and oxygen atoms in total. The van der Waals surface area contributed by atoms with Crippen molar-refractivity contribution in [1.29, 1.82) is 0 Å². The topological polar surface area (TPSA) is 61.4 Å². The van der Waals surface area contributed by atoms with E-state index in [0.717, 1.165) is 18.5 Å². The summed E-state index contributed by atoms with van der Waals surface area (Å²) in [6.07, 6.45) is 1.61. The lowest BCUT2D eigenvalue weighted by Gasteiger charge is -2.12. The molecular formula is C19H22ClN3O2. The molecule has 0 unspecified atom stereocenters. The summed E-state index contributed by atoms with van der Waals surface area (Å²) in [6, 6.07) is 14.9. The Morgan fingerprint density at radius 1 is 0.960 bits per heavy atom. The van der Waals surface area contributed by atoms with E-state index in [0.29, 0.717) is 17.3 Å². The van der Waals surface area contributed by atoms with Crippen LogP contribution in [0.4, 0.5) is 11.4 Å². The molecule has 0 aromatic heterocycles. The van der Waals surface area contributed by atoms with Gasteiger partial charge in [0.25, 0.3) is 0 Å². The van der Waals surface area contributed by atoms with Crippen LogP contribution in [0.25, 0.3) is 0 Å². The van der Waals surface area contributed by atoms with Gasteiger partial charge in [0, 0.05) is 37.0 Å². The van der Waals surface area contributed by atoms with Gasteiger partial charge in [0.1, 0.15) is 0 Å². The molecule has 0 fully saturated rings. The van der Waals surface area contributed by atoms with E-state index in [1.807, 2.05) is 19.0 Å². The average molecular weight is 360 g/mol. The van der Waals surface area contributed by atoms with Crippen molar-refractivity contribution < 1.29 is 9.59 Å². The van der Waals surface area contributed by atoms with Gasteiger partial charge >= 0.3 is 11.8 Å². The Labute approximate surface area is 153 Å². The van der Waals surface area contributed by atoms with Gasteiger partial charge in [0.15, 0.2) is 0 Å². The first-order valence-corrected chi connectivity index (χ1v) is 8.44. The summed E-state index contributed by atoms with van der Waals surface area (Å²) in [7, 11) is 4.00. The maximum Gasteiger partial charge on any atom is 0.313 e. The standard InChI is InChI=1S/C19H22ClN3O2/c1-23(2)17-11-5-14(6-12-17)4-3-13-21-18(24)19(25)22-16-9-7-15(20)8-10-16/h5-12H,3-4,13H2,1-2H3,(H,21,24)(H,22,25). The van der Waals surface area contributed by atoms with E-state index in [2.05, 4.69) is 34.9 Å². The van der Waals surface area contributed by atoms with E-state index in [4.69, 9.17) is 11.6 Å². The van der Waals surface area contributed by atoms with Crippen LogP contribution in [0.3, 0.4) is 0 Å². The molecule has 0 heterocycles. The summed E-state index contributed by atoms with van der Waals surface area (Å²) in [4.78, 5) is 25.6. The molecule has 0 saturated carbocycles. The minimum atomic E-state index is -0.683. The average Bonchev–Trinajstić information content (AvgIpc) is 2.60. The maximum absolute atomic E-state index is 11.8. The van der Waals surface area contributed by atoms with Gasteiger partial charge in [-0.15, -0.1) is 0 Å². The van der Waals surface area contributed by atoms with Crippen molar-refractivity contribution >= 4 is 34.8 Å². The second kappa shape index (κ2) is 9.08. The van der Waals surface area contributed by atoms with E-state index in [1.54, 1.807) is 24.3 Å². The Morgan fingerprint density at radius 2 is 1.60 bits per heavy atom. The summed E-state index contributed by atoms with van der Waals surface area (Å²) >= 11 is 5.78. The highest BCUT2D eigenvalue weighted by Crippen LogP contribution is 2.14. The number of carbonyl (C=O) groups is 2. The first-order chi connectivity index (χ1) is 12.0. The second-order valence-electron chi connectivity index (χ2n) is 5.88. The third-order valence-electron chi connectivity index (χ3n) is 3.69. The van der Waals surface area contributed by atoms with Crippen molar-refractivity contribution in [3.63, 3.8) is 0 Å². The highest BCUT2D eigenvalue weighted by atomic mass is 35.5. The number of anilines is 2. The molecule has 6 heteroatoms. The first-order valence-electron chi connectivity index (χ1n) is 8.07. The predicted molar refractivity (Wildman–Crippen MR) is 102 cm³/mol. The molecule has 0 bridgehead atoms. The Hall–Kier alpha value is -2.53. The quantitative estimate of drug-likeness (QED) is 0.615. The van der Waals surface area contributed by atoms with E-state index in [1.165, 1.54) is 5.56 Å². The van der Waals surface area contributed by atoms with Gasteiger partial charge in [-0.2, -0.15) is 0 Å². The Kier molecular flexibility index (Phi) is 6.83. The van der Waals surface area contributed by atoms with E-state index >= 15 is 0 Å². The molecule has 0 saturated heterocycles. The van der Waals surface area contributed by atoms with E-state index < -0.39 is 11.8 Å². The summed E-state index contributed by atoms with van der Waals surface area (Å²) in [5.74, 6) is -1.32. The Morgan fingerprint density at radius 3 is 2.20 bits per heavy atom. The predicted octanol–water partition coefficient (Wildman–Crippen LogP) is 3.09. The fourth-order valence-electron chi connectivity index (χ4n) is 2.26. The largest absolute Gasteiger partial charge is 0.378 e. The molecule has 0 spiro atoms. The summed E-state index contributed by atoms with van der Waals surface area (Å²) in [5, 5.41) is 5.73. The molecule has 132 valence electrons. The zero-order valence-corrected chi connectivity index (χ0v) is 15.1. The number of benzene rings is 2. The van der Waals surface area contributed by atoms with Crippen LogP contribution >= 0.6 is 11.6 Å². The Bertz CT molecular complexity index is 712. The summed E-state index contributed by atoms with van der Waals surface area (Å²) < 4.78 is 0. The number of amides is 2. The molecule has 2 rings (SSSR count). The molecule has 2 N–H and O–H groups in total. The lowest BCUT2D eigenvalue weighted by molar-refractivity contribution is -0.136. The van der Waals surface area contributed by atoms with Crippen molar-refractivity contribution in [2.24, 2.45) is 0 Å². The number of halogens is 1. The second-order valence-corrected chi connectivity index (χ2v) is 6.32. The van der Waals surface area contributed by atoms with Gasteiger partial charge in [-0.25, -0.2) is 0 Å². The summed E-state index contributed by atoms with van der Waals surface area (Å²) in [5.41, 5.74) is 2.88. The lowest BCUT2D eigenvalue weighted by Crippen LogP contribution is -2.36. The van der Waals surface area contributed by atoms with Crippen molar-refractivity contribution in [2.45, 2.75) is 12.8 Å². The van der Waals surface area contributed by atoms with Crippen molar-refractivity contribution in [3.8, 4) is 0 Å². The van der Waals surface area contributed by atoms with Crippen LogP contribution in [0, 0.1) is 0 Å². The summed E-state index contributed by atoms with van der Waals surface area (Å²) in [6.45, 7) is 0.447. The van der Waals surface area contributed by atoms with Crippen molar-refractivity contribution in [2.75, 3.05) is 30.9 Å². The Balaban J connectivity index is 1.70. The van der Waals surface area contributed by atoms with Crippen LogP contribution in [-0.4, -0.2) is 32.5 Å². The van der Waals surface area contributed by atoms with Crippen molar-refractivity contribution in [1.82, 2.24) is 5.32 Å². The van der Waals surface area contributed by atoms with Gasteiger partial charge in [-0.3, -0.25) is 9.59 Å². The third-order valence-corrected chi connectivity index (χ3v) is 3.94. The number of nitrogens with one attached hydrogen (secondary N) is 2. The number of aryl methyl sites for hydroxylation is 1. The fourth-order valence-corrected chi connectivity index (χ4v) is 2.38. The van der Waals surface area contributed by atoms with Crippen LogP contribution in [0.15, 0.2) is 48.5 Å². The highest BCUT2D eigenvalue weighted by Gasteiger charge is 2.12. The van der Waals surface area contributed by atoms with Crippen LogP contribution < -0.4 is 15.5 Å².